The normalized spacial score (nSPS) is 13.7. The predicted molar refractivity (Wildman–Crippen MR) is 98.2 cm³/mol. The lowest BCUT2D eigenvalue weighted by molar-refractivity contribution is -0.140. The lowest BCUT2D eigenvalue weighted by atomic mass is 10.1. The first-order chi connectivity index (χ1) is 13.5. The fourth-order valence-corrected chi connectivity index (χ4v) is 3.88. The summed E-state index contributed by atoms with van der Waals surface area (Å²) in [5.74, 6) is -2.76. The molecular formula is C19H14F4N2O3S. The summed E-state index contributed by atoms with van der Waals surface area (Å²) < 4.78 is 54.4. The van der Waals surface area contributed by atoms with Crippen molar-refractivity contribution in [1.82, 2.24) is 4.57 Å². The summed E-state index contributed by atoms with van der Waals surface area (Å²) in [5.41, 5.74) is -0.748. The van der Waals surface area contributed by atoms with Gasteiger partial charge in [0.2, 0.25) is 0 Å². The molecule has 5 nitrogen and oxygen atoms in total. The van der Waals surface area contributed by atoms with E-state index in [4.69, 9.17) is 0 Å². The van der Waals surface area contributed by atoms with Crippen molar-refractivity contribution >= 4 is 33.4 Å². The van der Waals surface area contributed by atoms with E-state index in [9.17, 15) is 32.3 Å². The summed E-state index contributed by atoms with van der Waals surface area (Å²) in [5, 5.41) is 9.38. The number of aliphatic carboxylic acids is 1. The lowest BCUT2D eigenvalue weighted by Gasteiger charge is -2.10. The summed E-state index contributed by atoms with van der Waals surface area (Å²) in [4.78, 5) is 27.8. The van der Waals surface area contributed by atoms with Crippen molar-refractivity contribution in [2.75, 3.05) is 0 Å². The minimum absolute atomic E-state index is 0.0534. The maximum Gasteiger partial charge on any atom is 0.416 e. The van der Waals surface area contributed by atoms with E-state index in [1.54, 1.807) is 0 Å². The van der Waals surface area contributed by atoms with Gasteiger partial charge in [0, 0.05) is 5.56 Å². The standard InChI is InChI=1S/C19H14F4N2O3S/c1-9-6-15-14(8-13(9)20)25(10(2)17(27)28)18(29-15)24-16(26)11-4-3-5-12(7-11)19(21,22)23/h3-8,10H,1-2H3,(H,27,28). The van der Waals surface area contributed by atoms with Gasteiger partial charge in [-0.3, -0.25) is 4.79 Å². The number of halogens is 4. The van der Waals surface area contributed by atoms with Crippen molar-refractivity contribution in [2.24, 2.45) is 4.99 Å². The topological polar surface area (TPSA) is 71.7 Å². The van der Waals surface area contributed by atoms with E-state index in [0.717, 1.165) is 29.5 Å². The average molecular weight is 426 g/mol. The molecule has 29 heavy (non-hydrogen) atoms. The molecule has 3 aromatic rings. The molecule has 1 aromatic heterocycles. The van der Waals surface area contributed by atoms with Crippen LogP contribution in [-0.2, 0) is 11.0 Å². The number of carboxylic acid groups (broad SMARTS) is 1. The van der Waals surface area contributed by atoms with Gasteiger partial charge in [0.15, 0.2) is 4.80 Å². The zero-order chi connectivity index (χ0) is 21.5. The first-order valence-electron chi connectivity index (χ1n) is 8.29. The number of aryl methyl sites for hydroxylation is 1. The quantitative estimate of drug-likeness (QED) is 0.625. The SMILES string of the molecule is Cc1cc2sc(=NC(=O)c3cccc(C(F)(F)F)c3)n(C(C)C(=O)O)c2cc1F. The number of carbonyl (C=O) groups is 2. The molecule has 0 aliphatic rings. The molecule has 3 rings (SSSR count). The largest absolute Gasteiger partial charge is 0.480 e. The molecule has 0 saturated carbocycles. The summed E-state index contributed by atoms with van der Waals surface area (Å²) in [7, 11) is 0. The van der Waals surface area contributed by atoms with Crippen molar-refractivity contribution in [2.45, 2.75) is 26.1 Å². The van der Waals surface area contributed by atoms with E-state index in [1.807, 2.05) is 0 Å². The summed E-state index contributed by atoms with van der Waals surface area (Å²) in [6.07, 6.45) is -4.62. The molecule has 0 radical (unpaired) electrons. The third-order valence-electron chi connectivity index (χ3n) is 4.29. The van der Waals surface area contributed by atoms with Gasteiger partial charge in [0.1, 0.15) is 11.9 Å². The van der Waals surface area contributed by atoms with Crippen LogP contribution in [0.1, 0.15) is 34.5 Å². The van der Waals surface area contributed by atoms with Crippen LogP contribution in [0.25, 0.3) is 10.2 Å². The van der Waals surface area contributed by atoms with Crippen LogP contribution >= 0.6 is 11.3 Å². The molecule has 0 saturated heterocycles. The number of fused-ring (bicyclic) bond motifs is 1. The molecule has 10 heteroatoms. The van der Waals surface area contributed by atoms with Crippen LogP contribution in [0.3, 0.4) is 0 Å². The number of alkyl halides is 3. The molecular weight excluding hydrogens is 412 g/mol. The minimum Gasteiger partial charge on any atom is -0.480 e. The van der Waals surface area contributed by atoms with E-state index in [1.165, 1.54) is 30.5 Å². The second-order valence-corrected chi connectivity index (χ2v) is 7.34. The van der Waals surface area contributed by atoms with Crippen molar-refractivity contribution < 1.29 is 32.3 Å². The molecule has 0 aliphatic carbocycles. The van der Waals surface area contributed by atoms with Crippen LogP contribution in [0.2, 0.25) is 0 Å². The zero-order valence-electron chi connectivity index (χ0n) is 15.1. The molecule has 152 valence electrons. The fourth-order valence-electron chi connectivity index (χ4n) is 2.71. The fraction of sp³-hybridized carbons (Fsp3) is 0.211. The molecule has 1 unspecified atom stereocenters. The van der Waals surface area contributed by atoms with E-state index in [-0.39, 0.29) is 15.9 Å². The van der Waals surface area contributed by atoms with Crippen LogP contribution in [0.4, 0.5) is 17.6 Å². The molecule has 0 spiro atoms. The smallest absolute Gasteiger partial charge is 0.416 e. The number of nitrogens with zero attached hydrogens (tertiary/aromatic N) is 2. The second kappa shape index (κ2) is 7.43. The Morgan fingerprint density at radius 1 is 1.21 bits per heavy atom. The van der Waals surface area contributed by atoms with Crippen LogP contribution in [0, 0.1) is 12.7 Å². The molecule has 0 fully saturated rings. The Morgan fingerprint density at radius 3 is 2.52 bits per heavy atom. The highest BCUT2D eigenvalue weighted by Crippen LogP contribution is 2.30. The monoisotopic (exact) mass is 426 g/mol. The van der Waals surface area contributed by atoms with Crippen molar-refractivity contribution in [3.63, 3.8) is 0 Å². The second-order valence-electron chi connectivity index (χ2n) is 6.33. The molecule has 0 bridgehead atoms. The maximum atomic E-state index is 14.0. The third kappa shape index (κ3) is 4.07. The van der Waals surface area contributed by atoms with Gasteiger partial charge in [0.05, 0.1) is 15.8 Å². The number of thiazole rings is 1. The Bertz CT molecular complexity index is 1190. The molecule has 0 aliphatic heterocycles. The Labute approximate surface area is 165 Å². The van der Waals surface area contributed by atoms with Crippen LogP contribution < -0.4 is 4.80 Å². The first-order valence-corrected chi connectivity index (χ1v) is 9.11. The lowest BCUT2D eigenvalue weighted by Crippen LogP contribution is -2.25. The summed E-state index contributed by atoms with van der Waals surface area (Å²) >= 11 is 0.948. The van der Waals surface area contributed by atoms with E-state index in [2.05, 4.69) is 4.99 Å². The third-order valence-corrected chi connectivity index (χ3v) is 5.30. The Morgan fingerprint density at radius 2 is 1.90 bits per heavy atom. The number of aromatic nitrogens is 1. The number of amides is 1. The predicted octanol–water partition coefficient (Wildman–Crippen LogP) is 4.56. The number of rotatable bonds is 3. The average Bonchev–Trinajstić information content (AvgIpc) is 2.97. The van der Waals surface area contributed by atoms with Gasteiger partial charge in [-0.05, 0) is 49.7 Å². The molecule has 2 aromatic carbocycles. The van der Waals surface area contributed by atoms with Crippen molar-refractivity contribution in [1.29, 1.82) is 0 Å². The summed E-state index contributed by atoms with van der Waals surface area (Å²) in [6, 6.07) is 5.23. The highest BCUT2D eigenvalue weighted by atomic mass is 32.1. The van der Waals surface area contributed by atoms with Crippen molar-refractivity contribution in [3.8, 4) is 0 Å². The Hall–Kier alpha value is -3.01. The van der Waals surface area contributed by atoms with Gasteiger partial charge in [-0.1, -0.05) is 17.4 Å². The van der Waals surface area contributed by atoms with Gasteiger partial charge in [0.25, 0.3) is 5.91 Å². The zero-order valence-corrected chi connectivity index (χ0v) is 15.9. The molecule has 1 atom stereocenters. The number of carboxylic acids is 1. The number of benzene rings is 2. The number of hydrogen-bond donors (Lipinski definition) is 1. The van der Waals surface area contributed by atoms with E-state index in [0.29, 0.717) is 16.3 Å². The number of carbonyl (C=O) groups excluding carboxylic acids is 1. The maximum absolute atomic E-state index is 14.0. The first kappa shape index (κ1) is 20.7. The van der Waals surface area contributed by atoms with E-state index < -0.39 is 35.5 Å². The van der Waals surface area contributed by atoms with Gasteiger partial charge in [-0.2, -0.15) is 18.2 Å². The minimum atomic E-state index is -4.62. The summed E-state index contributed by atoms with van der Waals surface area (Å²) in [6.45, 7) is 2.87. The van der Waals surface area contributed by atoms with E-state index >= 15 is 0 Å². The highest BCUT2D eigenvalue weighted by Gasteiger charge is 2.31. The van der Waals surface area contributed by atoms with Crippen LogP contribution in [0.5, 0.6) is 0 Å². The molecule has 1 amide bonds. The van der Waals surface area contributed by atoms with Gasteiger partial charge in [-0.15, -0.1) is 0 Å². The molecule has 1 N–H and O–H groups in total. The van der Waals surface area contributed by atoms with Crippen LogP contribution in [0.15, 0.2) is 41.4 Å². The van der Waals surface area contributed by atoms with Gasteiger partial charge < -0.3 is 9.67 Å². The Balaban J connectivity index is 2.21. The number of hydrogen-bond acceptors (Lipinski definition) is 3. The van der Waals surface area contributed by atoms with Crippen molar-refractivity contribution in [3.05, 3.63) is 63.7 Å². The van der Waals surface area contributed by atoms with Gasteiger partial charge >= 0.3 is 12.1 Å². The molecule has 1 heterocycles. The van der Waals surface area contributed by atoms with Crippen LogP contribution in [-0.4, -0.2) is 21.6 Å². The van der Waals surface area contributed by atoms with Gasteiger partial charge in [-0.25, -0.2) is 9.18 Å². The Kier molecular flexibility index (Phi) is 5.31. The highest BCUT2D eigenvalue weighted by molar-refractivity contribution is 7.16.